The van der Waals surface area contributed by atoms with Crippen molar-refractivity contribution in [1.82, 2.24) is 25.6 Å². The Kier molecular flexibility index (Phi) is 4.70. The molecule has 2 heterocycles. The summed E-state index contributed by atoms with van der Waals surface area (Å²) in [7, 11) is 0. The van der Waals surface area contributed by atoms with E-state index in [1.807, 2.05) is 0 Å². The van der Waals surface area contributed by atoms with E-state index in [4.69, 9.17) is 4.42 Å². The van der Waals surface area contributed by atoms with Crippen LogP contribution in [0.1, 0.15) is 16.1 Å². The molecule has 0 bridgehead atoms. The number of tetrazole rings is 1. The number of benzene rings is 2. The van der Waals surface area contributed by atoms with Crippen LogP contribution in [0.5, 0.6) is 0 Å². The number of nitrogens with one attached hydrogen (secondary N) is 1. The largest absolute Gasteiger partial charge is 0.455 e. The Morgan fingerprint density at radius 1 is 1.11 bits per heavy atom. The molecule has 0 aliphatic heterocycles. The number of carbonyl (C=O) groups excluding carboxylic acids is 1. The molecule has 0 unspecified atom stereocenters. The van der Waals surface area contributed by atoms with Gasteiger partial charge in [-0.05, 0) is 59.0 Å². The predicted octanol–water partition coefficient (Wildman–Crippen LogP) is 2.83. The van der Waals surface area contributed by atoms with Crippen LogP contribution in [-0.2, 0) is 0 Å². The van der Waals surface area contributed by atoms with Crippen LogP contribution in [0.2, 0.25) is 0 Å². The van der Waals surface area contributed by atoms with Gasteiger partial charge < -0.3 is 4.42 Å². The fraction of sp³-hybridized carbons (Fsp3) is 0. The smallest absolute Gasteiger partial charge is 0.271 e. The first kappa shape index (κ1) is 17.3. The first-order valence-corrected chi connectivity index (χ1v) is 8.22. The van der Waals surface area contributed by atoms with E-state index in [1.54, 1.807) is 54.6 Å². The molecule has 0 radical (unpaired) electrons. The van der Waals surface area contributed by atoms with E-state index in [2.05, 4.69) is 26.1 Å². The Balaban J connectivity index is 1.40. The van der Waals surface area contributed by atoms with Crippen molar-refractivity contribution in [3.63, 3.8) is 0 Å². The van der Waals surface area contributed by atoms with Gasteiger partial charge in [-0.25, -0.2) is 14.5 Å². The summed E-state index contributed by atoms with van der Waals surface area (Å²) in [5, 5.41) is 14.8. The van der Waals surface area contributed by atoms with Gasteiger partial charge in [0, 0.05) is 5.56 Å². The minimum absolute atomic E-state index is 0.355. The van der Waals surface area contributed by atoms with Crippen molar-refractivity contribution in [3.05, 3.63) is 84.1 Å². The van der Waals surface area contributed by atoms with Gasteiger partial charge in [0.1, 0.15) is 23.7 Å². The van der Waals surface area contributed by atoms with E-state index in [1.165, 1.54) is 23.3 Å². The fourth-order valence-corrected chi connectivity index (χ4v) is 2.49. The average molecular weight is 376 g/mol. The lowest BCUT2D eigenvalue weighted by molar-refractivity contribution is 0.0955. The van der Waals surface area contributed by atoms with Gasteiger partial charge in [-0.2, -0.15) is 5.10 Å². The molecule has 0 aliphatic carbocycles. The van der Waals surface area contributed by atoms with Crippen molar-refractivity contribution < 1.29 is 13.6 Å². The number of nitrogens with zero attached hydrogens (tertiary/aromatic N) is 5. The second-order valence-electron chi connectivity index (χ2n) is 5.68. The topological polar surface area (TPSA) is 98.2 Å². The molecule has 4 rings (SSSR count). The highest BCUT2D eigenvalue weighted by atomic mass is 19.1. The summed E-state index contributed by atoms with van der Waals surface area (Å²) in [4.78, 5) is 12.2. The lowest BCUT2D eigenvalue weighted by atomic mass is 10.1. The van der Waals surface area contributed by atoms with Crippen molar-refractivity contribution in [3.8, 4) is 17.0 Å². The van der Waals surface area contributed by atoms with Crippen LogP contribution in [0, 0.1) is 5.82 Å². The first-order chi connectivity index (χ1) is 13.7. The van der Waals surface area contributed by atoms with Crippen molar-refractivity contribution in [2.45, 2.75) is 0 Å². The van der Waals surface area contributed by atoms with Crippen LogP contribution in [0.25, 0.3) is 17.0 Å². The van der Waals surface area contributed by atoms with Gasteiger partial charge in [0.2, 0.25) is 0 Å². The summed E-state index contributed by atoms with van der Waals surface area (Å²) in [5.74, 6) is -0.00388. The van der Waals surface area contributed by atoms with Crippen LogP contribution < -0.4 is 5.43 Å². The Labute approximate surface area is 158 Å². The van der Waals surface area contributed by atoms with E-state index >= 15 is 0 Å². The minimum atomic E-state index is -0.389. The van der Waals surface area contributed by atoms with Gasteiger partial charge in [-0.1, -0.05) is 12.1 Å². The minimum Gasteiger partial charge on any atom is -0.455 e. The van der Waals surface area contributed by atoms with Crippen LogP contribution >= 0.6 is 0 Å². The number of furan rings is 1. The number of aromatic nitrogens is 4. The van der Waals surface area contributed by atoms with Crippen molar-refractivity contribution in [2.75, 3.05) is 0 Å². The van der Waals surface area contributed by atoms with Crippen molar-refractivity contribution >= 4 is 12.1 Å². The summed E-state index contributed by atoms with van der Waals surface area (Å²) in [6, 6.07) is 16.3. The van der Waals surface area contributed by atoms with E-state index < -0.39 is 0 Å². The molecule has 0 spiro atoms. The molecular weight excluding hydrogens is 363 g/mol. The highest BCUT2D eigenvalue weighted by Crippen LogP contribution is 2.24. The number of rotatable bonds is 5. The monoisotopic (exact) mass is 376 g/mol. The van der Waals surface area contributed by atoms with Gasteiger partial charge >= 0.3 is 0 Å². The number of halogens is 1. The van der Waals surface area contributed by atoms with Crippen LogP contribution in [-0.4, -0.2) is 32.3 Å². The van der Waals surface area contributed by atoms with Crippen molar-refractivity contribution in [2.24, 2.45) is 5.10 Å². The Bertz CT molecular complexity index is 1120. The molecule has 0 atom stereocenters. The Morgan fingerprint density at radius 3 is 2.68 bits per heavy atom. The first-order valence-electron chi connectivity index (χ1n) is 8.22. The second kappa shape index (κ2) is 7.62. The molecule has 9 heteroatoms. The molecule has 2 aromatic carbocycles. The van der Waals surface area contributed by atoms with Gasteiger partial charge in [-0.3, -0.25) is 4.79 Å². The molecule has 0 saturated heterocycles. The van der Waals surface area contributed by atoms with E-state index in [9.17, 15) is 9.18 Å². The summed E-state index contributed by atoms with van der Waals surface area (Å²) in [5.41, 5.74) is 3.91. The Morgan fingerprint density at radius 2 is 1.93 bits per heavy atom. The molecule has 138 valence electrons. The normalized spacial score (nSPS) is 11.0. The third-order valence-electron chi connectivity index (χ3n) is 3.87. The molecule has 28 heavy (non-hydrogen) atoms. The number of carbonyl (C=O) groups is 1. The number of hydrogen-bond donors (Lipinski definition) is 1. The second-order valence-corrected chi connectivity index (χ2v) is 5.68. The molecule has 0 saturated carbocycles. The van der Waals surface area contributed by atoms with Crippen molar-refractivity contribution in [1.29, 1.82) is 0 Å². The number of amides is 1. The predicted molar refractivity (Wildman–Crippen MR) is 98.3 cm³/mol. The molecule has 0 fully saturated rings. The van der Waals surface area contributed by atoms with Gasteiger partial charge in [-0.15, -0.1) is 5.10 Å². The summed E-state index contributed by atoms with van der Waals surface area (Å²) >= 11 is 0. The van der Waals surface area contributed by atoms with Gasteiger partial charge in [0.05, 0.1) is 17.5 Å². The van der Waals surface area contributed by atoms with Crippen LogP contribution in [0.3, 0.4) is 0 Å². The Hall–Kier alpha value is -4.14. The summed E-state index contributed by atoms with van der Waals surface area (Å²) in [6.45, 7) is 0. The quantitative estimate of drug-likeness (QED) is 0.427. The maximum Gasteiger partial charge on any atom is 0.271 e. The highest BCUT2D eigenvalue weighted by Gasteiger charge is 2.09. The average Bonchev–Trinajstić information content (AvgIpc) is 3.41. The molecule has 0 aliphatic rings. The molecule has 1 amide bonds. The SMILES string of the molecule is O=C(N/N=C\c1ccc(-c2ccccc2F)o1)c1ccc(-n2cnnn2)cc1. The number of hydrogen-bond acceptors (Lipinski definition) is 6. The maximum absolute atomic E-state index is 13.8. The maximum atomic E-state index is 13.8. The highest BCUT2D eigenvalue weighted by molar-refractivity contribution is 5.94. The van der Waals surface area contributed by atoms with E-state index in [0.29, 0.717) is 22.6 Å². The number of hydrazone groups is 1. The third-order valence-corrected chi connectivity index (χ3v) is 3.87. The molecule has 4 aromatic rings. The van der Waals surface area contributed by atoms with Crippen LogP contribution in [0.15, 0.2) is 76.5 Å². The standard InChI is InChI=1S/C19H13FN6O2/c20-17-4-2-1-3-16(17)18-10-9-15(28-18)11-21-23-19(27)13-5-7-14(8-6-13)26-12-22-24-25-26/h1-12H,(H,23,27)/b21-11-. The van der Waals surface area contributed by atoms with E-state index in [-0.39, 0.29) is 11.7 Å². The van der Waals surface area contributed by atoms with Crippen LogP contribution in [0.4, 0.5) is 4.39 Å². The summed E-state index contributed by atoms with van der Waals surface area (Å²) < 4.78 is 20.8. The molecular formula is C19H13FN6O2. The zero-order valence-corrected chi connectivity index (χ0v) is 14.4. The molecule has 1 N–H and O–H groups in total. The molecule has 2 aromatic heterocycles. The summed E-state index contributed by atoms with van der Waals surface area (Å²) in [6.07, 6.45) is 2.80. The fourth-order valence-electron chi connectivity index (χ4n) is 2.49. The molecule has 8 nitrogen and oxygen atoms in total. The zero-order valence-electron chi connectivity index (χ0n) is 14.4. The van der Waals surface area contributed by atoms with Gasteiger partial charge in [0.15, 0.2) is 0 Å². The lowest BCUT2D eigenvalue weighted by Gasteiger charge is -2.02. The van der Waals surface area contributed by atoms with E-state index in [0.717, 1.165) is 5.69 Å². The zero-order chi connectivity index (χ0) is 19.3. The van der Waals surface area contributed by atoms with Gasteiger partial charge in [0.25, 0.3) is 5.91 Å². The lowest BCUT2D eigenvalue weighted by Crippen LogP contribution is -2.17. The third kappa shape index (κ3) is 3.68.